The van der Waals surface area contributed by atoms with Crippen molar-refractivity contribution in [1.29, 1.82) is 0 Å². The molecule has 0 atom stereocenters. The molecular weight excluding hydrogens is 378 g/mol. The Balaban J connectivity index is 1.97. The number of amides is 2. The molecule has 0 aliphatic rings. The first kappa shape index (κ1) is 19.1. The van der Waals surface area contributed by atoms with Crippen LogP contribution in [0.4, 0.5) is 16.2 Å². The largest absolute Gasteiger partial charge is 0.372 e. The standard InChI is InChI=1S/C20H24BrN3O/c1-4-24(5-2)17-10-11-19(15(3)14-17)23-20(25)22-13-12-16-8-6-7-9-18(16)21/h6-14H,4-5H2,1-3H3,(H2,22,23,25)/b13-12+. The number of carbonyl (C=O) groups excluding carboxylic acids is 1. The molecule has 132 valence electrons. The number of hydrogen-bond acceptors (Lipinski definition) is 2. The topological polar surface area (TPSA) is 44.4 Å². The number of benzene rings is 2. The molecule has 2 aromatic rings. The van der Waals surface area contributed by atoms with E-state index in [2.05, 4.69) is 51.4 Å². The fourth-order valence-corrected chi connectivity index (χ4v) is 2.97. The molecule has 0 spiro atoms. The van der Waals surface area contributed by atoms with Crippen LogP contribution in [0.3, 0.4) is 0 Å². The zero-order chi connectivity index (χ0) is 18.2. The van der Waals surface area contributed by atoms with Crippen molar-refractivity contribution in [2.45, 2.75) is 20.8 Å². The molecule has 2 amide bonds. The lowest BCUT2D eigenvalue weighted by Crippen LogP contribution is -2.25. The Kier molecular flexibility index (Phi) is 7.07. The van der Waals surface area contributed by atoms with Gasteiger partial charge < -0.3 is 15.5 Å². The van der Waals surface area contributed by atoms with Gasteiger partial charge in [0, 0.05) is 35.1 Å². The van der Waals surface area contributed by atoms with Crippen molar-refractivity contribution in [3.8, 4) is 0 Å². The van der Waals surface area contributed by atoms with Crippen molar-refractivity contribution >= 4 is 39.4 Å². The van der Waals surface area contributed by atoms with Gasteiger partial charge in [-0.25, -0.2) is 4.79 Å². The molecule has 0 bridgehead atoms. The van der Waals surface area contributed by atoms with Crippen LogP contribution in [0.2, 0.25) is 0 Å². The van der Waals surface area contributed by atoms with Crippen molar-refractivity contribution in [2.75, 3.05) is 23.3 Å². The van der Waals surface area contributed by atoms with Crippen LogP contribution in [0.5, 0.6) is 0 Å². The number of urea groups is 1. The van der Waals surface area contributed by atoms with E-state index in [0.29, 0.717) is 0 Å². The molecule has 2 aromatic carbocycles. The number of anilines is 2. The number of halogens is 1. The van der Waals surface area contributed by atoms with Gasteiger partial charge in [0.2, 0.25) is 0 Å². The molecule has 0 aromatic heterocycles. The summed E-state index contributed by atoms with van der Waals surface area (Å²) >= 11 is 3.47. The molecule has 0 fully saturated rings. The molecule has 0 aliphatic heterocycles. The summed E-state index contributed by atoms with van der Waals surface area (Å²) in [4.78, 5) is 14.4. The van der Waals surface area contributed by atoms with Crippen molar-refractivity contribution in [3.05, 3.63) is 64.3 Å². The van der Waals surface area contributed by atoms with Crippen molar-refractivity contribution in [2.24, 2.45) is 0 Å². The predicted molar refractivity (Wildman–Crippen MR) is 110 cm³/mol. The minimum absolute atomic E-state index is 0.262. The van der Waals surface area contributed by atoms with Gasteiger partial charge in [-0.3, -0.25) is 0 Å². The second-order valence-electron chi connectivity index (χ2n) is 5.62. The van der Waals surface area contributed by atoms with Gasteiger partial charge in [0.15, 0.2) is 0 Å². The van der Waals surface area contributed by atoms with Crippen molar-refractivity contribution in [3.63, 3.8) is 0 Å². The van der Waals surface area contributed by atoms with E-state index in [-0.39, 0.29) is 6.03 Å². The van der Waals surface area contributed by atoms with Gasteiger partial charge in [0.1, 0.15) is 0 Å². The summed E-state index contributed by atoms with van der Waals surface area (Å²) < 4.78 is 0.983. The van der Waals surface area contributed by atoms with E-state index in [1.807, 2.05) is 49.4 Å². The maximum Gasteiger partial charge on any atom is 0.323 e. The molecule has 0 radical (unpaired) electrons. The van der Waals surface area contributed by atoms with Crippen LogP contribution in [0.25, 0.3) is 6.08 Å². The molecule has 0 heterocycles. The first-order valence-electron chi connectivity index (χ1n) is 8.39. The number of rotatable bonds is 6. The van der Waals surface area contributed by atoms with E-state index < -0.39 is 0 Å². The Labute approximate surface area is 158 Å². The van der Waals surface area contributed by atoms with E-state index in [9.17, 15) is 4.79 Å². The Morgan fingerprint density at radius 3 is 2.52 bits per heavy atom. The average molecular weight is 402 g/mol. The molecule has 2 rings (SSSR count). The molecular formula is C20H24BrN3O. The van der Waals surface area contributed by atoms with Gasteiger partial charge in [0.25, 0.3) is 0 Å². The summed E-state index contributed by atoms with van der Waals surface area (Å²) in [5.74, 6) is 0. The lowest BCUT2D eigenvalue weighted by atomic mass is 10.1. The highest BCUT2D eigenvalue weighted by Crippen LogP contribution is 2.22. The summed E-state index contributed by atoms with van der Waals surface area (Å²) in [5.41, 5.74) is 4.02. The Bertz CT molecular complexity index is 754. The van der Waals surface area contributed by atoms with Crippen LogP contribution in [-0.4, -0.2) is 19.1 Å². The van der Waals surface area contributed by atoms with Gasteiger partial charge in [-0.2, -0.15) is 0 Å². The third-order valence-corrected chi connectivity index (χ3v) is 4.69. The molecule has 0 saturated carbocycles. The lowest BCUT2D eigenvalue weighted by molar-refractivity contribution is 0.255. The maximum atomic E-state index is 12.1. The summed E-state index contributed by atoms with van der Waals surface area (Å²) in [6.07, 6.45) is 3.48. The van der Waals surface area contributed by atoms with Crippen molar-refractivity contribution < 1.29 is 4.79 Å². The first-order valence-corrected chi connectivity index (χ1v) is 9.18. The number of nitrogens with zero attached hydrogens (tertiary/aromatic N) is 1. The Hall–Kier alpha value is -2.27. The fourth-order valence-electron chi connectivity index (χ4n) is 2.55. The molecule has 5 heteroatoms. The number of hydrogen-bond donors (Lipinski definition) is 2. The lowest BCUT2D eigenvalue weighted by Gasteiger charge is -2.22. The summed E-state index contributed by atoms with van der Waals surface area (Å²) in [6, 6.07) is 13.6. The SMILES string of the molecule is CCN(CC)c1ccc(NC(=O)N/C=C/c2ccccc2Br)c(C)c1. The van der Waals surface area contributed by atoms with Crippen LogP contribution in [0.1, 0.15) is 25.0 Å². The fraction of sp³-hybridized carbons (Fsp3) is 0.250. The number of carbonyl (C=O) groups is 1. The normalized spacial score (nSPS) is 10.7. The Morgan fingerprint density at radius 2 is 1.88 bits per heavy atom. The highest BCUT2D eigenvalue weighted by atomic mass is 79.9. The summed E-state index contributed by atoms with van der Waals surface area (Å²) in [7, 11) is 0. The summed E-state index contributed by atoms with van der Waals surface area (Å²) in [6.45, 7) is 8.19. The Morgan fingerprint density at radius 1 is 1.16 bits per heavy atom. The molecule has 0 aliphatic carbocycles. The van der Waals surface area contributed by atoms with E-state index in [1.54, 1.807) is 6.20 Å². The second kappa shape index (κ2) is 9.28. The van der Waals surface area contributed by atoms with Gasteiger partial charge in [0.05, 0.1) is 0 Å². The monoisotopic (exact) mass is 401 g/mol. The minimum Gasteiger partial charge on any atom is -0.372 e. The van der Waals surface area contributed by atoms with Crippen molar-refractivity contribution in [1.82, 2.24) is 5.32 Å². The van der Waals surface area contributed by atoms with Gasteiger partial charge >= 0.3 is 6.03 Å². The summed E-state index contributed by atoms with van der Waals surface area (Å²) in [5, 5.41) is 5.61. The molecule has 25 heavy (non-hydrogen) atoms. The predicted octanol–water partition coefficient (Wildman–Crippen LogP) is 5.40. The quantitative estimate of drug-likeness (QED) is 0.680. The minimum atomic E-state index is -0.262. The van der Waals surface area contributed by atoms with Crippen LogP contribution < -0.4 is 15.5 Å². The highest BCUT2D eigenvalue weighted by molar-refractivity contribution is 9.10. The zero-order valence-electron chi connectivity index (χ0n) is 14.8. The third kappa shape index (κ3) is 5.36. The number of aryl methyl sites for hydroxylation is 1. The third-order valence-electron chi connectivity index (χ3n) is 3.97. The first-order chi connectivity index (χ1) is 12.0. The van der Waals surface area contributed by atoms with Gasteiger partial charge in [-0.1, -0.05) is 34.1 Å². The zero-order valence-corrected chi connectivity index (χ0v) is 16.4. The second-order valence-corrected chi connectivity index (χ2v) is 6.48. The van der Waals surface area contributed by atoms with Crippen LogP contribution in [0, 0.1) is 6.92 Å². The number of nitrogens with one attached hydrogen (secondary N) is 2. The molecule has 4 nitrogen and oxygen atoms in total. The van der Waals surface area contributed by atoms with E-state index >= 15 is 0 Å². The average Bonchev–Trinajstić information content (AvgIpc) is 2.60. The van der Waals surface area contributed by atoms with E-state index in [1.165, 1.54) is 5.69 Å². The van der Waals surface area contributed by atoms with Gasteiger partial charge in [-0.15, -0.1) is 0 Å². The maximum absolute atomic E-state index is 12.1. The highest BCUT2D eigenvalue weighted by Gasteiger charge is 2.07. The van der Waals surface area contributed by atoms with Crippen LogP contribution in [0.15, 0.2) is 53.1 Å². The van der Waals surface area contributed by atoms with Gasteiger partial charge in [-0.05, 0) is 62.2 Å². The van der Waals surface area contributed by atoms with Crippen LogP contribution in [-0.2, 0) is 0 Å². The van der Waals surface area contributed by atoms with E-state index in [0.717, 1.165) is 34.4 Å². The molecule has 0 unspecified atom stereocenters. The van der Waals surface area contributed by atoms with Crippen LogP contribution >= 0.6 is 15.9 Å². The molecule has 0 saturated heterocycles. The smallest absolute Gasteiger partial charge is 0.323 e. The van der Waals surface area contributed by atoms with E-state index in [4.69, 9.17) is 0 Å². The molecule has 2 N–H and O–H groups in total.